The number of aromatic nitrogens is 2. The molecule has 1 atom stereocenters. The van der Waals surface area contributed by atoms with Crippen LogP contribution in [0.4, 0.5) is 14.5 Å². The molecule has 0 fully saturated rings. The van der Waals surface area contributed by atoms with Gasteiger partial charge in [0.15, 0.2) is 30.8 Å². The van der Waals surface area contributed by atoms with E-state index in [-0.39, 0.29) is 0 Å². The van der Waals surface area contributed by atoms with Gasteiger partial charge >= 0.3 is 12.3 Å². The highest BCUT2D eigenvalue weighted by molar-refractivity contribution is 5.80. The van der Waals surface area contributed by atoms with Gasteiger partial charge in [0.05, 0.1) is 5.69 Å². The highest BCUT2D eigenvalue weighted by Crippen LogP contribution is 2.20. The van der Waals surface area contributed by atoms with Crippen LogP contribution in [0.2, 0.25) is 0 Å². The third-order valence-electron chi connectivity index (χ3n) is 5.41. The molecule has 2 aromatic heterocycles. The highest BCUT2D eigenvalue weighted by Gasteiger charge is 2.19. The number of nitrogens with zero attached hydrogens (tertiary/aromatic N) is 2. The number of halogens is 2. The first-order valence-corrected chi connectivity index (χ1v) is 11.0. The molecular formula is C25H30F2N4O+2. The van der Waals surface area contributed by atoms with Gasteiger partial charge in [-0.25, -0.2) is 9.13 Å². The number of nitrogens with one attached hydrogen (secondary N) is 2. The number of rotatable bonds is 12. The van der Waals surface area contributed by atoms with E-state index in [2.05, 4.69) is 44.8 Å². The highest BCUT2D eigenvalue weighted by atomic mass is 19.3. The topological polar surface area (TPSA) is 48.9 Å². The average Bonchev–Trinajstić information content (AvgIpc) is 2.83. The van der Waals surface area contributed by atoms with Crippen molar-refractivity contribution in [2.75, 3.05) is 5.43 Å². The van der Waals surface area contributed by atoms with E-state index in [1.165, 1.54) is 0 Å². The van der Waals surface area contributed by atoms with E-state index in [0.717, 1.165) is 44.2 Å². The van der Waals surface area contributed by atoms with Gasteiger partial charge in [0.25, 0.3) is 0 Å². The third kappa shape index (κ3) is 7.41. The molecule has 3 rings (SSSR count). The van der Waals surface area contributed by atoms with Gasteiger partial charge in [-0.1, -0.05) is 30.3 Å². The number of hydrogen-bond acceptors (Lipinski definition) is 2. The Morgan fingerprint density at radius 2 is 1.50 bits per heavy atom. The molecule has 168 valence electrons. The summed E-state index contributed by atoms with van der Waals surface area (Å²) in [5, 5.41) is 0. The second-order valence-electron chi connectivity index (χ2n) is 7.70. The number of anilines is 1. The van der Waals surface area contributed by atoms with Gasteiger partial charge < -0.3 is 0 Å². The van der Waals surface area contributed by atoms with Crippen molar-refractivity contribution in [2.45, 2.75) is 51.1 Å². The molecule has 7 heteroatoms. The summed E-state index contributed by atoms with van der Waals surface area (Å²) >= 11 is 0. The van der Waals surface area contributed by atoms with Crippen LogP contribution >= 0.6 is 0 Å². The summed E-state index contributed by atoms with van der Waals surface area (Å²) in [6.07, 6.45) is 10.2. The number of pyridine rings is 2. The fourth-order valence-electron chi connectivity index (χ4n) is 3.76. The molecular weight excluding hydrogens is 410 g/mol. The zero-order chi connectivity index (χ0) is 22.6. The Labute approximate surface area is 187 Å². The maximum absolute atomic E-state index is 12.4. The quantitative estimate of drug-likeness (QED) is 0.330. The monoisotopic (exact) mass is 440 g/mol. The molecule has 1 amide bonds. The maximum atomic E-state index is 12.4. The van der Waals surface area contributed by atoms with Crippen LogP contribution in [0.5, 0.6) is 0 Å². The lowest BCUT2D eigenvalue weighted by Gasteiger charge is -2.14. The van der Waals surface area contributed by atoms with Gasteiger partial charge in [-0.05, 0) is 24.5 Å². The molecule has 3 aromatic rings. The lowest BCUT2D eigenvalue weighted by Crippen LogP contribution is -2.40. The van der Waals surface area contributed by atoms with E-state index in [1.807, 2.05) is 54.6 Å². The van der Waals surface area contributed by atoms with Crippen molar-refractivity contribution in [3.63, 3.8) is 0 Å². The molecule has 0 saturated heterocycles. The first-order valence-electron chi connectivity index (χ1n) is 11.0. The van der Waals surface area contributed by atoms with Crippen molar-refractivity contribution in [2.24, 2.45) is 0 Å². The molecule has 1 unspecified atom stereocenters. The number of aryl methyl sites for hydroxylation is 2. The molecule has 2 heterocycles. The molecule has 32 heavy (non-hydrogen) atoms. The number of benzene rings is 1. The molecule has 0 aliphatic rings. The Morgan fingerprint density at radius 3 is 2.22 bits per heavy atom. The van der Waals surface area contributed by atoms with Gasteiger partial charge in [0, 0.05) is 43.5 Å². The minimum absolute atomic E-state index is 0.374. The predicted molar refractivity (Wildman–Crippen MR) is 119 cm³/mol. The van der Waals surface area contributed by atoms with Crippen molar-refractivity contribution in [3.05, 3.63) is 91.0 Å². The van der Waals surface area contributed by atoms with Crippen LogP contribution in [0, 0.1) is 0 Å². The average molecular weight is 441 g/mol. The van der Waals surface area contributed by atoms with Crippen LogP contribution < -0.4 is 20.0 Å². The molecule has 0 radical (unpaired) electrons. The standard InChI is InChI=1S/C25H29F2N4O/c26-24(27)25(32)29-28-23-15-4-3-11-21(23)12-9-13-22(31-19-7-2-8-20-31)14-10-18-30-16-5-1-6-17-30/h1-8,11,15-17,19-20,22,24,28H,9-10,12-14,18H2/q+1/p+1. The van der Waals surface area contributed by atoms with Crippen LogP contribution in [0.3, 0.4) is 0 Å². The second-order valence-corrected chi connectivity index (χ2v) is 7.70. The maximum Gasteiger partial charge on any atom is 0.317 e. The van der Waals surface area contributed by atoms with E-state index in [0.29, 0.717) is 11.7 Å². The van der Waals surface area contributed by atoms with Crippen LogP contribution in [-0.4, -0.2) is 12.3 Å². The van der Waals surface area contributed by atoms with Crippen molar-refractivity contribution in [1.82, 2.24) is 5.43 Å². The molecule has 0 aliphatic carbocycles. The lowest BCUT2D eigenvalue weighted by atomic mass is 10.00. The number of amides is 1. The first-order chi connectivity index (χ1) is 15.6. The minimum Gasteiger partial charge on any atom is -0.298 e. The number of carbonyl (C=O) groups excluding carboxylic acids is 1. The first kappa shape index (κ1) is 23.3. The van der Waals surface area contributed by atoms with E-state index in [9.17, 15) is 13.6 Å². The van der Waals surface area contributed by atoms with Gasteiger partial charge in [-0.3, -0.25) is 15.6 Å². The van der Waals surface area contributed by atoms with Crippen LogP contribution in [-0.2, 0) is 17.8 Å². The zero-order valence-electron chi connectivity index (χ0n) is 18.0. The number of hydrazine groups is 1. The Hall–Kier alpha value is -3.35. The van der Waals surface area contributed by atoms with Crippen molar-refractivity contribution in [3.8, 4) is 0 Å². The minimum atomic E-state index is -3.05. The van der Waals surface area contributed by atoms with Crippen LogP contribution in [0.15, 0.2) is 85.5 Å². The molecule has 0 aliphatic heterocycles. The number of carbonyl (C=O) groups is 1. The summed E-state index contributed by atoms with van der Waals surface area (Å²) in [6, 6.07) is 20.0. The second kappa shape index (κ2) is 12.5. The molecule has 0 saturated carbocycles. The van der Waals surface area contributed by atoms with Crippen molar-refractivity contribution in [1.29, 1.82) is 0 Å². The molecule has 0 spiro atoms. The number of hydrogen-bond donors (Lipinski definition) is 2. The summed E-state index contributed by atoms with van der Waals surface area (Å²) in [6.45, 7) is 0.974. The van der Waals surface area contributed by atoms with Crippen molar-refractivity contribution >= 4 is 11.6 Å². The largest absolute Gasteiger partial charge is 0.317 e. The fraction of sp³-hybridized carbons (Fsp3) is 0.320. The Kier molecular flexibility index (Phi) is 9.10. The summed E-state index contributed by atoms with van der Waals surface area (Å²) in [5.41, 5.74) is 6.32. The van der Waals surface area contributed by atoms with E-state index >= 15 is 0 Å². The summed E-state index contributed by atoms with van der Waals surface area (Å²) < 4.78 is 29.3. The summed E-state index contributed by atoms with van der Waals surface area (Å²) in [4.78, 5) is 11.2. The predicted octanol–water partition coefficient (Wildman–Crippen LogP) is 4.01. The molecule has 1 aromatic carbocycles. The number of alkyl halides is 2. The summed E-state index contributed by atoms with van der Waals surface area (Å²) in [5.74, 6) is -1.34. The van der Waals surface area contributed by atoms with Crippen molar-refractivity contribution < 1.29 is 22.7 Å². The molecule has 2 N–H and O–H groups in total. The van der Waals surface area contributed by atoms with E-state index in [1.54, 1.807) is 6.07 Å². The zero-order valence-corrected chi connectivity index (χ0v) is 18.0. The van der Waals surface area contributed by atoms with Crippen LogP contribution in [0.25, 0.3) is 0 Å². The Morgan fingerprint density at radius 1 is 0.844 bits per heavy atom. The van der Waals surface area contributed by atoms with Crippen LogP contribution in [0.1, 0.15) is 37.3 Å². The lowest BCUT2D eigenvalue weighted by molar-refractivity contribution is -0.728. The van der Waals surface area contributed by atoms with Gasteiger partial charge in [-0.2, -0.15) is 8.78 Å². The smallest absolute Gasteiger partial charge is 0.298 e. The van der Waals surface area contributed by atoms with Gasteiger partial charge in [0.2, 0.25) is 0 Å². The summed E-state index contributed by atoms with van der Waals surface area (Å²) in [7, 11) is 0. The third-order valence-corrected chi connectivity index (χ3v) is 5.41. The van der Waals surface area contributed by atoms with E-state index in [4.69, 9.17) is 0 Å². The molecule has 5 nitrogen and oxygen atoms in total. The Balaban J connectivity index is 1.56. The fourth-order valence-corrected chi connectivity index (χ4v) is 3.76. The number of para-hydroxylation sites is 1. The van der Waals surface area contributed by atoms with E-state index < -0.39 is 12.3 Å². The van der Waals surface area contributed by atoms with Gasteiger partial charge in [-0.15, -0.1) is 0 Å². The Bertz CT molecular complexity index is 954. The normalized spacial score (nSPS) is 11.8. The van der Waals surface area contributed by atoms with Gasteiger partial charge in [0.1, 0.15) is 6.54 Å². The molecule has 0 bridgehead atoms. The SMILES string of the molecule is O=C(NNc1ccccc1CCCC(CCC[n+]1ccccc1)[n+]1ccccc1)C(F)F.